The van der Waals surface area contributed by atoms with Gasteiger partial charge in [0, 0.05) is 24.2 Å². The highest BCUT2D eigenvalue weighted by Gasteiger charge is 2.33. The topological polar surface area (TPSA) is 168 Å². The summed E-state index contributed by atoms with van der Waals surface area (Å²) in [5, 5.41) is 9.90. The molecule has 1 aliphatic heterocycles. The molecule has 2 aromatic heterocycles. The second kappa shape index (κ2) is 14.6. The predicted molar refractivity (Wildman–Crippen MR) is 194 cm³/mol. The number of rotatable bonds is 8. The first-order valence-electron chi connectivity index (χ1n) is 16.7. The summed E-state index contributed by atoms with van der Waals surface area (Å²) in [6.07, 6.45) is 3.52. The number of carbonyl (C=O) groups is 2. The summed E-state index contributed by atoms with van der Waals surface area (Å²) in [4.78, 5) is 47.8. The molecule has 14 heteroatoms. The minimum absolute atomic E-state index is 0.0135. The summed E-state index contributed by atoms with van der Waals surface area (Å²) < 4.78 is 36.3. The number of likely N-dealkylation sites (N-methyl/N-ethyl adjacent to an activating group) is 1. The Bertz CT molecular complexity index is 2030. The van der Waals surface area contributed by atoms with Crippen molar-refractivity contribution in [2.75, 3.05) is 23.3 Å². The fourth-order valence-corrected chi connectivity index (χ4v) is 7.39. The molecule has 51 heavy (non-hydrogen) atoms. The number of carboxylic acid groups (broad SMARTS) is 1. The zero-order valence-electron chi connectivity index (χ0n) is 30.2. The Morgan fingerprint density at radius 1 is 1.06 bits per heavy atom. The molecule has 0 saturated carbocycles. The van der Waals surface area contributed by atoms with Crippen LogP contribution in [-0.2, 0) is 21.4 Å². The molecule has 3 heterocycles. The monoisotopic (exact) mass is 715 g/mol. The molecule has 13 nitrogen and oxygen atoms in total. The summed E-state index contributed by atoms with van der Waals surface area (Å²) in [7, 11) is -2.59. The Hall–Kier alpha value is -5.11. The Kier molecular flexibility index (Phi) is 10.7. The number of carbonyl (C=O) groups excluding carboxylic acids is 1. The Morgan fingerprint density at radius 3 is 2.39 bits per heavy atom. The van der Waals surface area contributed by atoms with Crippen LogP contribution in [0, 0.1) is 25.2 Å². The lowest BCUT2D eigenvalue weighted by molar-refractivity contribution is -0.139. The van der Waals surface area contributed by atoms with Gasteiger partial charge >= 0.3 is 5.97 Å². The van der Waals surface area contributed by atoms with Crippen molar-refractivity contribution >= 4 is 33.7 Å². The molecule has 2 N–H and O–H groups in total. The number of carboxylic acids is 1. The van der Waals surface area contributed by atoms with Gasteiger partial charge in [0.2, 0.25) is 11.8 Å². The number of nitrogens with one attached hydrogen (secondary N) is 1. The number of fused-ring (bicyclic) bond motifs is 4. The molecule has 0 spiro atoms. The van der Waals surface area contributed by atoms with Gasteiger partial charge in [0.15, 0.2) is 0 Å². The smallest absolute Gasteiger partial charge is 0.326 e. The highest BCUT2D eigenvalue weighted by atomic mass is 32.2. The molecular formula is C37H45N7O6S. The maximum Gasteiger partial charge on any atom is 0.326 e. The van der Waals surface area contributed by atoms with Crippen LogP contribution in [0.15, 0.2) is 65.8 Å². The van der Waals surface area contributed by atoms with Crippen LogP contribution >= 0.6 is 0 Å². The zero-order valence-corrected chi connectivity index (χ0v) is 31.0. The highest BCUT2D eigenvalue weighted by molar-refractivity contribution is 7.92. The molecule has 1 unspecified atom stereocenters. The third-order valence-corrected chi connectivity index (χ3v) is 10.0. The van der Waals surface area contributed by atoms with Crippen molar-refractivity contribution in [3.05, 3.63) is 83.3 Å². The summed E-state index contributed by atoms with van der Waals surface area (Å²) in [6.45, 7) is 13.7. The Labute approximate surface area is 299 Å². The SMILES string of the molecule is Cc1cccc(C)c1-c1cc2nc(n1)NS(=O)(=O)c1cccc(c1)C(=O)N(Cc1cncc(N(C)C(C(=O)O)C(C)C)n1)[C@H](CC(C)(C)C)CO2. The number of aromatic nitrogens is 4. The summed E-state index contributed by atoms with van der Waals surface area (Å²) in [6, 6.07) is 11.9. The number of aryl methyl sites for hydroxylation is 2. The summed E-state index contributed by atoms with van der Waals surface area (Å²) >= 11 is 0. The lowest BCUT2D eigenvalue weighted by Crippen LogP contribution is -2.45. The van der Waals surface area contributed by atoms with Crippen molar-refractivity contribution < 1.29 is 27.9 Å². The van der Waals surface area contributed by atoms with E-state index in [1.54, 1.807) is 29.0 Å². The first-order valence-corrected chi connectivity index (χ1v) is 18.2. The average molecular weight is 716 g/mol. The molecular weight excluding hydrogens is 671 g/mol. The molecule has 5 rings (SSSR count). The Balaban J connectivity index is 1.64. The molecule has 270 valence electrons. The zero-order chi connectivity index (χ0) is 37.2. The standard InChI is InChI=1S/C37H45N7O6S/c1-22(2)33(35(46)47)43(8)30-19-38-18-26(39-30)20-44-27(17-37(5,6)7)21-50-31-16-29(32-23(3)11-9-12-24(32)4)40-36(41-31)42-51(48,49)28-14-10-13-25(15-28)34(44)45/h9-16,18-19,22,27,33H,17,20-21H2,1-8H3,(H,46,47)(H,40,41,42)/t27-,33?/m1/s1. The van der Waals surface area contributed by atoms with Crippen molar-refractivity contribution in [1.82, 2.24) is 24.8 Å². The van der Waals surface area contributed by atoms with Crippen LogP contribution in [-0.4, -0.2) is 76.0 Å². The van der Waals surface area contributed by atoms with E-state index >= 15 is 0 Å². The molecule has 1 amide bonds. The minimum atomic E-state index is -4.23. The van der Waals surface area contributed by atoms with E-state index in [2.05, 4.69) is 40.4 Å². The van der Waals surface area contributed by atoms with Gasteiger partial charge in [-0.05, 0) is 60.9 Å². The average Bonchev–Trinajstić information content (AvgIpc) is 3.04. The van der Waals surface area contributed by atoms with Crippen LogP contribution in [0.1, 0.15) is 68.2 Å². The van der Waals surface area contributed by atoms with Crippen molar-refractivity contribution in [1.29, 1.82) is 0 Å². The van der Waals surface area contributed by atoms with Gasteiger partial charge in [-0.2, -0.15) is 4.98 Å². The number of amides is 1. The molecule has 2 atom stereocenters. The van der Waals surface area contributed by atoms with Crippen molar-refractivity contribution in [2.24, 2.45) is 11.3 Å². The maximum atomic E-state index is 14.5. The van der Waals surface area contributed by atoms with Gasteiger partial charge in [0.05, 0.1) is 41.3 Å². The normalized spacial score (nSPS) is 16.6. The van der Waals surface area contributed by atoms with Crippen LogP contribution < -0.4 is 14.4 Å². The van der Waals surface area contributed by atoms with Gasteiger partial charge in [0.25, 0.3) is 15.9 Å². The van der Waals surface area contributed by atoms with E-state index in [9.17, 15) is 23.1 Å². The quantitative estimate of drug-likeness (QED) is 0.228. The largest absolute Gasteiger partial charge is 0.480 e. The van der Waals surface area contributed by atoms with Gasteiger partial charge < -0.3 is 19.6 Å². The van der Waals surface area contributed by atoms with E-state index in [-0.39, 0.29) is 46.8 Å². The molecule has 0 saturated heterocycles. The molecule has 4 bridgehead atoms. The van der Waals surface area contributed by atoms with Gasteiger partial charge in [-0.25, -0.2) is 27.9 Å². The number of benzene rings is 2. The third-order valence-electron chi connectivity index (χ3n) is 8.70. The number of hydrogen-bond acceptors (Lipinski definition) is 10. The molecule has 4 aromatic rings. The molecule has 0 fully saturated rings. The molecule has 0 radical (unpaired) electrons. The van der Waals surface area contributed by atoms with Gasteiger partial charge in [0.1, 0.15) is 18.5 Å². The number of sulfonamides is 1. The van der Waals surface area contributed by atoms with Crippen LogP contribution in [0.3, 0.4) is 0 Å². The fourth-order valence-electron chi connectivity index (χ4n) is 6.40. The summed E-state index contributed by atoms with van der Waals surface area (Å²) in [5.41, 5.74) is 3.48. The van der Waals surface area contributed by atoms with Gasteiger partial charge in [-0.15, -0.1) is 0 Å². The number of aliphatic carboxylic acids is 1. The Morgan fingerprint density at radius 2 is 1.75 bits per heavy atom. The lowest BCUT2D eigenvalue weighted by atomic mass is 9.87. The van der Waals surface area contributed by atoms with Gasteiger partial charge in [-0.3, -0.25) is 9.78 Å². The van der Waals surface area contributed by atoms with Crippen LogP contribution in [0.5, 0.6) is 5.88 Å². The third kappa shape index (κ3) is 8.62. The van der Waals surface area contributed by atoms with E-state index in [0.29, 0.717) is 23.6 Å². The van der Waals surface area contributed by atoms with E-state index in [1.165, 1.54) is 30.6 Å². The first kappa shape index (κ1) is 37.2. The number of anilines is 2. The fraction of sp³-hybridized carbons (Fsp3) is 0.405. The second-order valence-electron chi connectivity index (χ2n) is 14.5. The van der Waals surface area contributed by atoms with Gasteiger partial charge in [-0.1, -0.05) is 58.9 Å². The molecule has 1 aliphatic rings. The molecule has 2 aromatic carbocycles. The molecule has 0 aliphatic carbocycles. The number of ether oxygens (including phenoxy) is 1. The van der Waals surface area contributed by atoms with Crippen molar-refractivity contribution in [3.63, 3.8) is 0 Å². The second-order valence-corrected chi connectivity index (χ2v) is 16.2. The van der Waals surface area contributed by atoms with E-state index in [4.69, 9.17) is 9.72 Å². The van der Waals surface area contributed by atoms with Crippen molar-refractivity contribution in [2.45, 2.75) is 78.4 Å². The minimum Gasteiger partial charge on any atom is -0.480 e. The van der Waals surface area contributed by atoms with Crippen molar-refractivity contribution in [3.8, 4) is 17.1 Å². The lowest BCUT2D eigenvalue weighted by Gasteiger charge is -2.35. The highest BCUT2D eigenvalue weighted by Crippen LogP contribution is 2.32. The van der Waals surface area contributed by atoms with E-state index in [1.807, 2.05) is 45.9 Å². The number of hydrogen-bond donors (Lipinski definition) is 2. The van der Waals surface area contributed by atoms with Crippen LogP contribution in [0.25, 0.3) is 11.3 Å². The maximum absolute atomic E-state index is 14.5. The predicted octanol–water partition coefficient (Wildman–Crippen LogP) is 5.74. The van der Waals surface area contributed by atoms with E-state index in [0.717, 1.165) is 16.7 Å². The number of nitrogens with zero attached hydrogens (tertiary/aromatic N) is 6. The van der Waals surface area contributed by atoms with E-state index < -0.39 is 34.0 Å². The van der Waals surface area contributed by atoms with Crippen LogP contribution in [0.4, 0.5) is 11.8 Å². The summed E-state index contributed by atoms with van der Waals surface area (Å²) in [5.74, 6) is -1.35. The first-order chi connectivity index (χ1) is 23.9. The van der Waals surface area contributed by atoms with Crippen LogP contribution in [0.2, 0.25) is 0 Å².